The van der Waals surface area contributed by atoms with Crippen LogP contribution in [0.5, 0.6) is 5.75 Å². The summed E-state index contributed by atoms with van der Waals surface area (Å²) in [6.07, 6.45) is 0. The maximum absolute atomic E-state index is 5.41. The predicted molar refractivity (Wildman–Crippen MR) is 90.5 cm³/mol. The van der Waals surface area contributed by atoms with Gasteiger partial charge >= 0.3 is 0 Å². The normalized spacial score (nSPS) is 10.6. The number of anilines is 2. The lowest BCUT2D eigenvalue weighted by Crippen LogP contribution is -1.97. The smallest absolute Gasteiger partial charge is 0.145 e. The lowest BCUT2D eigenvalue weighted by molar-refractivity contribution is 0.419. The molecule has 0 spiro atoms. The zero-order valence-corrected chi connectivity index (χ0v) is 13.4. The summed E-state index contributed by atoms with van der Waals surface area (Å²) in [6.45, 7) is 1.98. The van der Waals surface area contributed by atoms with Crippen molar-refractivity contribution >= 4 is 38.2 Å². The second-order valence-electron chi connectivity index (χ2n) is 4.77. The molecule has 4 heteroatoms. The first kappa shape index (κ1) is 13.9. The van der Waals surface area contributed by atoms with Crippen LogP contribution in [-0.2, 0) is 0 Å². The lowest BCUT2D eigenvalue weighted by atomic mass is 10.1. The number of hydrogen-bond donors (Lipinski definition) is 1. The summed E-state index contributed by atoms with van der Waals surface area (Å²) in [4.78, 5) is 4.59. The highest BCUT2D eigenvalue weighted by Gasteiger charge is 2.09. The molecular formula is C17H15BrN2O. The number of rotatable bonds is 3. The summed E-state index contributed by atoms with van der Waals surface area (Å²) in [7, 11) is 1.67. The number of pyridine rings is 1. The molecule has 106 valence electrons. The van der Waals surface area contributed by atoms with Gasteiger partial charge in [-0.05, 0) is 47.1 Å². The first-order valence-electron chi connectivity index (χ1n) is 6.65. The van der Waals surface area contributed by atoms with Gasteiger partial charge in [0.05, 0.1) is 12.8 Å². The number of aromatic nitrogens is 1. The Kier molecular flexibility index (Phi) is 3.80. The maximum Gasteiger partial charge on any atom is 0.145 e. The molecule has 1 heterocycles. The van der Waals surface area contributed by atoms with Crippen LogP contribution >= 0.6 is 15.9 Å². The molecule has 0 fully saturated rings. The van der Waals surface area contributed by atoms with Gasteiger partial charge in [0.1, 0.15) is 11.3 Å². The Bertz CT molecular complexity index is 802. The van der Waals surface area contributed by atoms with E-state index >= 15 is 0 Å². The SMILES string of the molecule is COc1cccc2c(Nc3ccccc3Br)cc(C)nc12. The van der Waals surface area contributed by atoms with Crippen molar-refractivity contribution in [3.63, 3.8) is 0 Å². The van der Waals surface area contributed by atoms with E-state index in [1.807, 2.05) is 55.5 Å². The molecule has 0 aliphatic heterocycles. The van der Waals surface area contributed by atoms with Crippen LogP contribution in [0.25, 0.3) is 10.9 Å². The summed E-state index contributed by atoms with van der Waals surface area (Å²) < 4.78 is 6.44. The Morgan fingerprint density at radius 3 is 2.62 bits per heavy atom. The largest absolute Gasteiger partial charge is 0.494 e. The number of methoxy groups -OCH3 is 1. The molecule has 3 aromatic rings. The van der Waals surface area contributed by atoms with Crippen LogP contribution in [0.15, 0.2) is 53.0 Å². The second kappa shape index (κ2) is 5.74. The highest BCUT2D eigenvalue weighted by molar-refractivity contribution is 9.10. The molecule has 3 nitrogen and oxygen atoms in total. The molecule has 0 unspecified atom stereocenters. The third kappa shape index (κ3) is 2.72. The van der Waals surface area contributed by atoms with Crippen molar-refractivity contribution in [3.05, 3.63) is 58.7 Å². The molecule has 21 heavy (non-hydrogen) atoms. The standard InChI is InChI=1S/C17H15BrN2O/c1-11-10-15(20-14-8-4-3-7-13(14)18)12-6-5-9-16(21-2)17(12)19-11/h3-10H,1-2H3,(H,19,20). The minimum atomic E-state index is 0.784. The monoisotopic (exact) mass is 342 g/mol. The minimum absolute atomic E-state index is 0.784. The topological polar surface area (TPSA) is 34.1 Å². The highest BCUT2D eigenvalue weighted by atomic mass is 79.9. The van der Waals surface area contributed by atoms with Crippen LogP contribution in [-0.4, -0.2) is 12.1 Å². The number of aryl methyl sites for hydroxylation is 1. The molecule has 0 amide bonds. The molecule has 3 rings (SSSR count). The Morgan fingerprint density at radius 2 is 1.86 bits per heavy atom. The number of nitrogens with one attached hydrogen (secondary N) is 1. The summed E-state index contributed by atoms with van der Waals surface area (Å²) in [5.41, 5.74) is 3.85. The second-order valence-corrected chi connectivity index (χ2v) is 5.63. The van der Waals surface area contributed by atoms with E-state index in [4.69, 9.17) is 4.74 Å². The summed E-state index contributed by atoms with van der Waals surface area (Å²) >= 11 is 3.56. The highest BCUT2D eigenvalue weighted by Crippen LogP contribution is 2.33. The van der Waals surface area contributed by atoms with Crippen LogP contribution in [0.1, 0.15) is 5.69 Å². The molecule has 1 aromatic heterocycles. The Morgan fingerprint density at radius 1 is 1.05 bits per heavy atom. The first-order valence-corrected chi connectivity index (χ1v) is 7.44. The van der Waals surface area contributed by atoms with Gasteiger partial charge in [0.2, 0.25) is 0 Å². The van der Waals surface area contributed by atoms with Crippen molar-refractivity contribution in [1.29, 1.82) is 0 Å². The number of halogens is 1. The number of benzene rings is 2. The van der Waals surface area contributed by atoms with Gasteiger partial charge in [-0.25, -0.2) is 4.98 Å². The van der Waals surface area contributed by atoms with Crippen molar-refractivity contribution in [2.75, 3.05) is 12.4 Å². The van der Waals surface area contributed by atoms with E-state index in [1.165, 1.54) is 0 Å². The van der Waals surface area contributed by atoms with Gasteiger partial charge in [-0.1, -0.05) is 24.3 Å². The number of ether oxygens (including phenoxy) is 1. The molecular weight excluding hydrogens is 328 g/mol. The van der Waals surface area contributed by atoms with E-state index in [0.717, 1.165) is 38.2 Å². The quantitative estimate of drug-likeness (QED) is 0.722. The van der Waals surface area contributed by atoms with Crippen LogP contribution in [0.2, 0.25) is 0 Å². The summed E-state index contributed by atoms with van der Waals surface area (Å²) in [5, 5.41) is 4.50. The number of hydrogen-bond acceptors (Lipinski definition) is 3. The molecule has 0 aliphatic rings. The first-order chi connectivity index (χ1) is 10.2. The summed E-state index contributed by atoms with van der Waals surface area (Å²) in [6, 6.07) is 16.0. The van der Waals surface area contributed by atoms with Crippen molar-refractivity contribution in [2.24, 2.45) is 0 Å². The molecule has 0 saturated carbocycles. The van der Waals surface area contributed by atoms with E-state index in [0.29, 0.717) is 0 Å². The molecule has 0 saturated heterocycles. The van der Waals surface area contributed by atoms with Gasteiger partial charge in [0.25, 0.3) is 0 Å². The average Bonchev–Trinajstić information content (AvgIpc) is 2.49. The van der Waals surface area contributed by atoms with Gasteiger partial charge in [-0.15, -0.1) is 0 Å². The van der Waals surface area contributed by atoms with E-state index < -0.39 is 0 Å². The number of nitrogens with zero attached hydrogens (tertiary/aromatic N) is 1. The van der Waals surface area contributed by atoms with Gasteiger partial charge in [-0.3, -0.25) is 0 Å². The van der Waals surface area contributed by atoms with Crippen LogP contribution in [0, 0.1) is 6.92 Å². The van der Waals surface area contributed by atoms with Crippen LogP contribution in [0.3, 0.4) is 0 Å². The van der Waals surface area contributed by atoms with Crippen LogP contribution in [0.4, 0.5) is 11.4 Å². The van der Waals surface area contributed by atoms with Crippen molar-refractivity contribution < 1.29 is 4.74 Å². The molecule has 0 atom stereocenters. The Balaban J connectivity index is 2.16. The average molecular weight is 343 g/mol. The van der Waals surface area contributed by atoms with Crippen molar-refractivity contribution in [2.45, 2.75) is 6.92 Å². The predicted octanol–water partition coefficient (Wildman–Crippen LogP) is 5.06. The van der Waals surface area contributed by atoms with E-state index in [9.17, 15) is 0 Å². The molecule has 2 aromatic carbocycles. The molecule has 1 N–H and O–H groups in total. The molecule has 0 aliphatic carbocycles. The van der Waals surface area contributed by atoms with Gasteiger partial charge in [0.15, 0.2) is 0 Å². The van der Waals surface area contributed by atoms with Crippen molar-refractivity contribution in [1.82, 2.24) is 4.98 Å². The third-order valence-corrected chi connectivity index (χ3v) is 3.99. The van der Waals surface area contributed by atoms with E-state index in [2.05, 4.69) is 26.2 Å². The van der Waals surface area contributed by atoms with E-state index in [-0.39, 0.29) is 0 Å². The molecule has 0 radical (unpaired) electrons. The Hall–Kier alpha value is -2.07. The zero-order chi connectivity index (χ0) is 14.8. The van der Waals surface area contributed by atoms with Crippen molar-refractivity contribution in [3.8, 4) is 5.75 Å². The van der Waals surface area contributed by atoms with Gasteiger partial charge in [0, 0.05) is 21.2 Å². The van der Waals surface area contributed by atoms with Gasteiger partial charge < -0.3 is 10.1 Å². The fraction of sp³-hybridized carbons (Fsp3) is 0.118. The number of fused-ring (bicyclic) bond motifs is 1. The molecule has 0 bridgehead atoms. The van der Waals surface area contributed by atoms with Crippen LogP contribution < -0.4 is 10.1 Å². The lowest BCUT2D eigenvalue weighted by Gasteiger charge is -2.13. The zero-order valence-electron chi connectivity index (χ0n) is 11.9. The fourth-order valence-electron chi connectivity index (χ4n) is 2.33. The third-order valence-electron chi connectivity index (χ3n) is 3.29. The fourth-order valence-corrected chi connectivity index (χ4v) is 2.71. The number of para-hydroxylation sites is 2. The maximum atomic E-state index is 5.41. The van der Waals surface area contributed by atoms with Gasteiger partial charge in [-0.2, -0.15) is 0 Å². The van der Waals surface area contributed by atoms with E-state index in [1.54, 1.807) is 7.11 Å². The Labute approximate surface area is 132 Å². The summed E-state index contributed by atoms with van der Waals surface area (Å²) in [5.74, 6) is 0.784. The minimum Gasteiger partial charge on any atom is -0.494 e.